The van der Waals surface area contributed by atoms with E-state index in [-0.39, 0.29) is 5.78 Å². The van der Waals surface area contributed by atoms with Crippen LogP contribution >= 0.6 is 0 Å². The maximum atomic E-state index is 12.1. The fourth-order valence-electron chi connectivity index (χ4n) is 1.75. The van der Waals surface area contributed by atoms with E-state index in [1.807, 2.05) is 30.3 Å². The van der Waals surface area contributed by atoms with Crippen molar-refractivity contribution >= 4 is 5.78 Å². The van der Waals surface area contributed by atoms with Crippen molar-refractivity contribution in [3.05, 3.63) is 60.2 Å². The van der Waals surface area contributed by atoms with Crippen LogP contribution < -0.4 is 9.47 Å². The van der Waals surface area contributed by atoms with E-state index < -0.39 is 6.29 Å². The van der Waals surface area contributed by atoms with Gasteiger partial charge in [-0.1, -0.05) is 42.5 Å². The lowest BCUT2D eigenvalue weighted by atomic mass is 10.1. The Balaban J connectivity index is 1.84. The molecule has 0 aromatic heterocycles. The largest absolute Gasteiger partial charge is 0.444 e. The number of ketones is 1. The van der Waals surface area contributed by atoms with Crippen LogP contribution in [0.15, 0.2) is 54.6 Å². The number of ether oxygens (including phenoxy) is 2. The molecule has 17 heavy (non-hydrogen) atoms. The van der Waals surface area contributed by atoms with Crippen molar-refractivity contribution in [2.75, 3.05) is 0 Å². The van der Waals surface area contributed by atoms with Crippen molar-refractivity contribution in [2.45, 2.75) is 6.29 Å². The van der Waals surface area contributed by atoms with Gasteiger partial charge in [0.15, 0.2) is 11.5 Å². The van der Waals surface area contributed by atoms with Crippen molar-refractivity contribution < 1.29 is 14.3 Å². The average Bonchev–Trinajstić information content (AvgIpc) is 2.82. The summed E-state index contributed by atoms with van der Waals surface area (Å²) in [6.07, 6.45) is -0.866. The summed E-state index contributed by atoms with van der Waals surface area (Å²) >= 11 is 0. The lowest BCUT2D eigenvalue weighted by Crippen LogP contribution is -2.29. The number of rotatable bonds is 2. The van der Waals surface area contributed by atoms with Crippen LogP contribution in [0.4, 0.5) is 0 Å². The maximum Gasteiger partial charge on any atom is 0.305 e. The summed E-state index contributed by atoms with van der Waals surface area (Å²) in [5, 5.41) is 0. The van der Waals surface area contributed by atoms with E-state index in [9.17, 15) is 4.79 Å². The van der Waals surface area contributed by atoms with Gasteiger partial charge < -0.3 is 9.47 Å². The van der Waals surface area contributed by atoms with E-state index in [4.69, 9.17) is 9.47 Å². The predicted octanol–water partition coefficient (Wildman–Crippen LogP) is 2.67. The first-order valence-electron chi connectivity index (χ1n) is 5.36. The van der Waals surface area contributed by atoms with Gasteiger partial charge in [-0.05, 0) is 12.1 Å². The first-order chi connectivity index (χ1) is 8.34. The van der Waals surface area contributed by atoms with Crippen molar-refractivity contribution in [3.8, 4) is 11.5 Å². The number of carbonyl (C=O) groups excluding carboxylic acids is 1. The molecule has 3 rings (SSSR count). The highest BCUT2D eigenvalue weighted by atomic mass is 16.7. The molecule has 3 nitrogen and oxygen atoms in total. The van der Waals surface area contributed by atoms with Gasteiger partial charge in [0.25, 0.3) is 0 Å². The molecule has 0 bridgehead atoms. The molecule has 0 fully saturated rings. The Morgan fingerprint density at radius 2 is 1.35 bits per heavy atom. The normalized spacial score (nSPS) is 13.6. The highest BCUT2D eigenvalue weighted by molar-refractivity contribution is 5.99. The third kappa shape index (κ3) is 1.76. The summed E-state index contributed by atoms with van der Waals surface area (Å²) < 4.78 is 10.9. The lowest BCUT2D eigenvalue weighted by molar-refractivity contribution is 0.0371. The highest BCUT2D eigenvalue weighted by Gasteiger charge is 2.30. The average molecular weight is 226 g/mol. The summed E-state index contributed by atoms with van der Waals surface area (Å²) in [4.78, 5) is 12.1. The van der Waals surface area contributed by atoms with Crippen LogP contribution in [0.1, 0.15) is 10.4 Å². The second kappa shape index (κ2) is 3.94. The van der Waals surface area contributed by atoms with Gasteiger partial charge in [-0.3, -0.25) is 4.79 Å². The quantitative estimate of drug-likeness (QED) is 0.738. The highest BCUT2D eigenvalue weighted by Crippen LogP contribution is 2.34. The van der Waals surface area contributed by atoms with Crippen LogP contribution in [0.25, 0.3) is 0 Å². The van der Waals surface area contributed by atoms with Crippen LogP contribution in [-0.4, -0.2) is 12.1 Å². The van der Waals surface area contributed by atoms with E-state index in [0.717, 1.165) is 0 Å². The van der Waals surface area contributed by atoms with Gasteiger partial charge in [0.1, 0.15) is 0 Å². The third-order valence-electron chi connectivity index (χ3n) is 2.59. The van der Waals surface area contributed by atoms with Gasteiger partial charge >= 0.3 is 6.29 Å². The molecule has 2 aromatic rings. The van der Waals surface area contributed by atoms with Gasteiger partial charge in [0.2, 0.25) is 5.78 Å². The predicted molar refractivity (Wildman–Crippen MR) is 62.3 cm³/mol. The first kappa shape index (κ1) is 9.90. The Labute approximate surface area is 98.6 Å². The van der Waals surface area contributed by atoms with Gasteiger partial charge in [-0.15, -0.1) is 0 Å². The molecule has 0 amide bonds. The number of para-hydroxylation sites is 2. The van der Waals surface area contributed by atoms with E-state index in [0.29, 0.717) is 17.1 Å². The van der Waals surface area contributed by atoms with E-state index >= 15 is 0 Å². The second-order valence-electron chi connectivity index (χ2n) is 3.74. The van der Waals surface area contributed by atoms with E-state index in [1.54, 1.807) is 24.3 Å². The molecule has 2 aromatic carbocycles. The number of hydrogen-bond acceptors (Lipinski definition) is 3. The molecule has 1 heterocycles. The molecule has 0 unspecified atom stereocenters. The zero-order valence-corrected chi connectivity index (χ0v) is 9.00. The van der Waals surface area contributed by atoms with Gasteiger partial charge in [-0.25, -0.2) is 0 Å². The maximum absolute atomic E-state index is 12.1. The Hall–Kier alpha value is -2.29. The van der Waals surface area contributed by atoms with Gasteiger partial charge in [-0.2, -0.15) is 0 Å². The zero-order valence-electron chi connectivity index (χ0n) is 9.00. The standard InChI is InChI=1S/C14H10O3/c15-13(10-6-2-1-3-7-10)14-16-11-8-4-5-9-12(11)17-14/h1-9,14H. The molecule has 0 saturated heterocycles. The van der Waals surface area contributed by atoms with E-state index in [1.165, 1.54) is 0 Å². The summed E-state index contributed by atoms with van der Waals surface area (Å²) in [7, 11) is 0. The minimum absolute atomic E-state index is 0.165. The molecule has 0 saturated carbocycles. The zero-order chi connectivity index (χ0) is 11.7. The first-order valence-corrected chi connectivity index (χ1v) is 5.36. The number of Topliss-reactive ketones (excluding diaryl/α,β-unsaturated/α-hetero) is 1. The summed E-state index contributed by atoms with van der Waals surface area (Å²) in [5.41, 5.74) is 0.588. The van der Waals surface area contributed by atoms with Gasteiger partial charge in [0, 0.05) is 5.56 Å². The molecular formula is C14H10O3. The number of fused-ring (bicyclic) bond motifs is 1. The van der Waals surface area contributed by atoms with Crippen LogP contribution in [0.5, 0.6) is 11.5 Å². The molecule has 0 atom stereocenters. The molecule has 1 aliphatic rings. The Kier molecular flexibility index (Phi) is 2.29. The Morgan fingerprint density at radius 1 is 0.824 bits per heavy atom. The fraction of sp³-hybridized carbons (Fsp3) is 0.0714. The Morgan fingerprint density at radius 3 is 1.94 bits per heavy atom. The van der Waals surface area contributed by atoms with Gasteiger partial charge in [0.05, 0.1) is 0 Å². The molecular weight excluding hydrogens is 216 g/mol. The summed E-state index contributed by atoms with van der Waals surface area (Å²) in [6.45, 7) is 0. The third-order valence-corrected chi connectivity index (χ3v) is 2.59. The minimum Gasteiger partial charge on any atom is -0.444 e. The number of benzene rings is 2. The van der Waals surface area contributed by atoms with Crippen molar-refractivity contribution in [3.63, 3.8) is 0 Å². The van der Waals surface area contributed by atoms with Crippen LogP contribution in [0.3, 0.4) is 0 Å². The summed E-state index contributed by atoms with van der Waals surface area (Å²) in [5.74, 6) is 1.06. The molecule has 0 N–H and O–H groups in total. The molecule has 0 radical (unpaired) electrons. The van der Waals surface area contributed by atoms with Crippen molar-refractivity contribution in [1.82, 2.24) is 0 Å². The van der Waals surface area contributed by atoms with Crippen LogP contribution in [-0.2, 0) is 0 Å². The Bertz CT molecular complexity index is 523. The monoisotopic (exact) mass is 226 g/mol. The second-order valence-corrected chi connectivity index (χ2v) is 3.74. The van der Waals surface area contributed by atoms with Crippen molar-refractivity contribution in [1.29, 1.82) is 0 Å². The number of hydrogen-bond donors (Lipinski definition) is 0. The van der Waals surface area contributed by atoms with Crippen LogP contribution in [0, 0.1) is 0 Å². The van der Waals surface area contributed by atoms with Crippen molar-refractivity contribution in [2.24, 2.45) is 0 Å². The smallest absolute Gasteiger partial charge is 0.305 e. The SMILES string of the molecule is O=C(c1ccccc1)C1Oc2ccccc2O1. The molecule has 0 spiro atoms. The van der Waals surface area contributed by atoms with Crippen LogP contribution in [0.2, 0.25) is 0 Å². The molecule has 0 aliphatic carbocycles. The fourth-order valence-corrected chi connectivity index (χ4v) is 1.75. The molecule has 3 heteroatoms. The van der Waals surface area contributed by atoms with E-state index in [2.05, 4.69) is 0 Å². The number of carbonyl (C=O) groups is 1. The molecule has 84 valence electrons. The summed E-state index contributed by atoms with van der Waals surface area (Å²) in [6, 6.07) is 16.2. The molecule has 1 aliphatic heterocycles. The minimum atomic E-state index is -0.866. The lowest BCUT2D eigenvalue weighted by Gasteiger charge is -2.08. The topological polar surface area (TPSA) is 35.5 Å².